The molecule has 1 aromatic heterocycles. The number of amides is 2. The first-order valence-corrected chi connectivity index (χ1v) is 9.19. The fourth-order valence-corrected chi connectivity index (χ4v) is 3.39. The summed E-state index contributed by atoms with van der Waals surface area (Å²) in [7, 11) is -2.30. The predicted molar refractivity (Wildman–Crippen MR) is 92.5 cm³/mol. The van der Waals surface area contributed by atoms with E-state index in [2.05, 4.69) is 10.0 Å². The van der Waals surface area contributed by atoms with Crippen LogP contribution in [-0.4, -0.2) is 37.9 Å². The topological polar surface area (TPSA) is 123 Å². The van der Waals surface area contributed by atoms with E-state index in [1.165, 1.54) is 42.1 Å². The Labute approximate surface area is 150 Å². The van der Waals surface area contributed by atoms with E-state index in [-0.39, 0.29) is 29.2 Å². The maximum Gasteiger partial charge on any atom is 0.265 e. The van der Waals surface area contributed by atoms with E-state index in [1.54, 1.807) is 6.07 Å². The molecule has 10 heteroatoms. The summed E-state index contributed by atoms with van der Waals surface area (Å²) in [4.78, 5) is 22.9. The Hall–Kier alpha value is -2.72. The second-order valence-corrected chi connectivity index (χ2v) is 7.29. The first-order valence-electron chi connectivity index (χ1n) is 7.71. The number of aromatic nitrogens is 1. The van der Waals surface area contributed by atoms with Gasteiger partial charge >= 0.3 is 0 Å². The molecule has 26 heavy (non-hydrogen) atoms. The maximum atomic E-state index is 13.5. The van der Waals surface area contributed by atoms with Crippen LogP contribution >= 0.6 is 0 Å². The maximum absolute atomic E-state index is 13.5. The lowest BCUT2D eigenvalue weighted by molar-refractivity contribution is 0.0948. The van der Waals surface area contributed by atoms with Crippen LogP contribution < -0.4 is 15.8 Å². The molecule has 4 N–H and O–H groups in total. The lowest BCUT2D eigenvalue weighted by Gasteiger charge is -2.07. The summed E-state index contributed by atoms with van der Waals surface area (Å²) in [5.41, 5.74) is 5.15. The Morgan fingerprint density at radius 2 is 1.92 bits per heavy atom. The number of carbonyl (C=O) groups is 2. The van der Waals surface area contributed by atoms with Crippen molar-refractivity contribution in [3.05, 3.63) is 53.6 Å². The van der Waals surface area contributed by atoms with Gasteiger partial charge < -0.3 is 15.6 Å². The SMILES string of the molecule is Cn1cc(S(=O)(=O)NCCCNC(=O)c2ccccc2F)cc1C(N)=O. The van der Waals surface area contributed by atoms with E-state index in [4.69, 9.17) is 5.73 Å². The van der Waals surface area contributed by atoms with Crippen molar-refractivity contribution in [3.63, 3.8) is 0 Å². The predicted octanol–water partition coefficient (Wildman–Crippen LogP) is 0.362. The molecule has 140 valence electrons. The van der Waals surface area contributed by atoms with Gasteiger partial charge in [-0.1, -0.05) is 12.1 Å². The fraction of sp³-hybridized carbons (Fsp3) is 0.250. The summed E-state index contributed by atoms with van der Waals surface area (Å²) in [5, 5.41) is 2.51. The Morgan fingerprint density at radius 3 is 2.54 bits per heavy atom. The normalized spacial score (nSPS) is 11.3. The van der Waals surface area contributed by atoms with Crippen LogP contribution in [0.4, 0.5) is 4.39 Å². The summed E-state index contributed by atoms with van der Waals surface area (Å²) >= 11 is 0. The highest BCUT2D eigenvalue weighted by atomic mass is 32.2. The molecular formula is C16H19FN4O4S. The van der Waals surface area contributed by atoms with Crippen molar-refractivity contribution in [1.29, 1.82) is 0 Å². The number of nitrogens with one attached hydrogen (secondary N) is 2. The standard InChI is InChI=1S/C16H19FN4O4S/c1-21-10-11(9-14(21)15(18)22)26(24,25)20-8-4-7-19-16(23)12-5-2-3-6-13(12)17/h2-3,5-6,9-10,20H,4,7-8H2,1H3,(H2,18,22)(H,19,23). The largest absolute Gasteiger partial charge is 0.364 e. The number of sulfonamides is 1. The van der Waals surface area contributed by atoms with Crippen LogP contribution in [0.2, 0.25) is 0 Å². The molecule has 2 amide bonds. The van der Waals surface area contributed by atoms with Gasteiger partial charge in [0.1, 0.15) is 16.4 Å². The Balaban J connectivity index is 1.84. The smallest absolute Gasteiger partial charge is 0.265 e. The van der Waals surface area contributed by atoms with Crippen LogP contribution in [0.5, 0.6) is 0 Å². The van der Waals surface area contributed by atoms with Crippen molar-refractivity contribution in [1.82, 2.24) is 14.6 Å². The van der Waals surface area contributed by atoms with Crippen molar-refractivity contribution < 1.29 is 22.4 Å². The summed E-state index contributed by atoms with van der Waals surface area (Å²) in [5.74, 6) is -1.93. The van der Waals surface area contributed by atoms with E-state index in [9.17, 15) is 22.4 Å². The lowest BCUT2D eigenvalue weighted by atomic mass is 10.2. The molecule has 2 rings (SSSR count). The number of nitrogens with zero attached hydrogens (tertiary/aromatic N) is 1. The summed E-state index contributed by atoms with van der Waals surface area (Å²) in [6, 6.07) is 6.76. The summed E-state index contributed by atoms with van der Waals surface area (Å²) < 4.78 is 41.5. The van der Waals surface area contributed by atoms with Crippen molar-refractivity contribution in [2.45, 2.75) is 11.3 Å². The molecule has 0 aliphatic carbocycles. The molecular weight excluding hydrogens is 363 g/mol. The first-order chi connectivity index (χ1) is 12.2. The molecule has 0 aliphatic heterocycles. The number of primary amides is 1. The number of aryl methyl sites for hydroxylation is 1. The third-order valence-electron chi connectivity index (χ3n) is 3.59. The highest BCUT2D eigenvalue weighted by Crippen LogP contribution is 2.13. The fourth-order valence-electron chi connectivity index (χ4n) is 2.25. The van der Waals surface area contributed by atoms with E-state index >= 15 is 0 Å². The van der Waals surface area contributed by atoms with Gasteiger partial charge in [-0.05, 0) is 24.6 Å². The monoisotopic (exact) mass is 382 g/mol. The minimum atomic E-state index is -3.81. The van der Waals surface area contributed by atoms with Crippen LogP contribution in [0, 0.1) is 5.82 Å². The van der Waals surface area contributed by atoms with Gasteiger partial charge in [0.2, 0.25) is 10.0 Å². The van der Waals surface area contributed by atoms with Gasteiger partial charge in [-0.25, -0.2) is 17.5 Å². The highest BCUT2D eigenvalue weighted by Gasteiger charge is 2.19. The number of halogens is 1. The average molecular weight is 382 g/mol. The molecule has 0 bridgehead atoms. The zero-order valence-electron chi connectivity index (χ0n) is 14.0. The summed E-state index contributed by atoms with van der Waals surface area (Å²) in [6.45, 7) is 0.220. The van der Waals surface area contributed by atoms with Crippen molar-refractivity contribution >= 4 is 21.8 Å². The molecule has 8 nitrogen and oxygen atoms in total. The van der Waals surface area contributed by atoms with Gasteiger partial charge in [0.25, 0.3) is 11.8 Å². The Morgan fingerprint density at radius 1 is 1.23 bits per heavy atom. The van der Waals surface area contributed by atoms with E-state index in [0.29, 0.717) is 6.42 Å². The van der Waals surface area contributed by atoms with E-state index in [0.717, 1.165) is 0 Å². The molecule has 0 saturated carbocycles. The molecule has 0 unspecified atom stereocenters. The summed E-state index contributed by atoms with van der Waals surface area (Å²) in [6.07, 6.45) is 1.58. The van der Waals surface area contributed by atoms with Gasteiger partial charge in [-0.2, -0.15) is 0 Å². The van der Waals surface area contributed by atoms with Crippen LogP contribution in [0.15, 0.2) is 41.4 Å². The number of hydrogen-bond acceptors (Lipinski definition) is 4. The first kappa shape index (κ1) is 19.6. The third kappa shape index (κ3) is 4.67. The molecule has 2 aromatic rings. The minimum absolute atomic E-state index is 0.0562. The molecule has 0 saturated heterocycles. The molecule has 0 radical (unpaired) electrons. The molecule has 0 aliphatic rings. The average Bonchev–Trinajstić information content (AvgIpc) is 2.97. The minimum Gasteiger partial charge on any atom is -0.364 e. The lowest BCUT2D eigenvalue weighted by Crippen LogP contribution is -2.30. The molecule has 1 heterocycles. The zero-order valence-corrected chi connectivity index (χ0v) is 14.8. The van der Waals surface area contributed by atoms with Crippen LogP contribution in [0.25, 0.3) is 0 Å². The van der Waals surface area contributed by atoms with Gasteiger partial charge in [0.15, 0.2) is 0 Å². The highest BCUT2D eigenvalue weighted by molar-refractivity contribution is 7.89. The van der Waals surface area contributed by atoms with Gasteiger partial charge in [-0.3, -0.25) is 9.59 Å². The quantitative estimate of drug-likeness (QED) is 0.570. The van der Waals surface area contributed by atoms with Crippen molar-refractivity contribution in [2.75, 3.05) is 13.1 Å². The number of nitrogens with two attached hydrogens (primary N) is 1. The van der Waals surface area contributed by atoms with E-state index in [1.807, 2.05) is 0 Å². The van der Waals surface area contributed by atoms with Crippen molar-refractivity contribution in [3.8, 4) is 0 Å². The van der Waals surface area contributed by atoms with E-state index < -0.39 is 27.7 Å². The third-order valence-corrected chi connectivity index (χ3v) is 5.02. The Bertz CT molecular complexity index is 924. The van der Waals surface area contributed by atoms with Crippen LogP contribution in [0.3, 0.4) is 0 Å². The Kier molecular flexibility index (Phi) is 6.11. The number of benzene rings is 1. The molecule has 0 fully saturated rings. The number of hydrogen-bond donors (Lipinski definition) is 3. The van der Waals surface area contributed by atoms with Crippen molar-refractivity contribution in [2.24, 2.45) is 12.8 Å². The number of carbonyl (C=O) groups excluding carboxylic acids is 2. The van der Waals surface area contributed by atoms with Gasteiger partial charge in [-0.15, -0.1) is 0 Å². The van der Waals surface area contributed by atoms with Gasteiger partial charge in [0, 0.05) is 26.3 Å². The molecule has 0 atom stereocenters. The van der Waals surface area contributed by atoms with Crippen LogP contribution in [-0.2, 0) is 17.1 Å². The zero-order chi connectivity index (χ0) is 19.3. The second kappa shape index (κ2) is 8.11. The number of rotatable bonds is 8. The molecule has 1 aromatic carbocycles. The molecule has 0 spiro atoms. The van der Waals surface area contributed by atoms with Crippen LogP contribution in [0.1, 0.15) is 27.3 Å². The van der Waals surface area contributed by atoms with Gasteiger partial charge in [0.05, 0.1) is 5.56 Å². The second-order valence-electron chi connectivity index (χ2n) is 5.52.